The van der Waals surface area contributed by atoms with E-state index in [4.69, 9.17) is 0 Å². The summed E-state index contributed by atoms with van der Waals surface area (Å²) in [6.07, 6.45) is 1.42. The Labute approximate surface area is 77.6 Å². The van der Waals surface area contributed by atoms with Gasteiger partial charge in [-0.15, -0.1) is 0 Å². The zero-order chi connectivity index (χ0) is 9.42. The van der Waals surface area contributed by atoms with Crippen LogP contribution in [0.1, 0.15) is 37.8 Å². The Morgan fingerprint density at radius 3 is 3.00 bits per heavy atom. The predicted octanol–water partition coefficient (Wildman–Crippen LogP) is 0.709. The van der Waals surface area contributed by atoms with E-state index >= 15 is 0 Å². The summed E-state index contributed by atoms with van der Waals surface area (Å²) in [5.74, 6) is 2.29. The Morgan fingerprint density at radius 2 is 2.31 bits per heavy atom. The van der Waals surface area contributed by atoms with Gasteiger partial charge in [-0.05, 0) is 6.42 Å². The van der Waals surface area contributed by atoms with Crippen molar-refractivity contribution in [1.29, 1.82) is 0 Å². The molecule has 0 radical (unpaired) electrons. The summed E-state index contributed by atoms with van der Waals surface area (Å²) >= 11 is 0. The second-order valence-corrected chi connectivity index (χ2v) is 3.92. The molecule has 0 aliphatic carbocycles. The number of aliphatic hydroxyl groups excluding tert-OH is 1. The number of aromatic nitrogens is 3. The van der Waals surface area contributed by atoms with Gasteiger partial charge in [0.1, 0.15) is 5.82 Å². The van der Waals surface area contributed by atoms with E-state index in [-0.39, 0.29) is 6.10 Å². The van der Waals surface area contributed by atoms with Crippen molar-refractivity contribution in [3.8, 4) is 0 Å². The number of hydrogen-bond acceptors (Lipinski definition) is 3. The maximum Gasteiger partial charge on any atom is 0.153 e. The highest BCUT2D eigenvalue weighted by molar-refractivity contribution is 5.00. The van der Waals surface area contributed by atoms with Gasteiger partial charge < -0.3 is 5.11 Å². The van der Waals surface area contributed by atoms with Gasteiger partial charge in [0.25, 0.3) is 0 Å². The Balaban J connectivity index is 2.28. The number of fused-ring (bicyclic) bond motifs is 1. The molecule has 1 aliphatic heterocycles. The molecule has 72 valence electrons. The normalized spacial score (nSPS) is 22.0. The predicted molar refractivity (Wildman–Crippen MR) is 48.4 cm³/mol. The number of aliphatic hydroxyl groups is 1. The van der Waals surface area contributed by atoms with Crippen LogP contribution in [0.3, 0.4) is 0 Å². The second-order valence-electron chi connectivity index (χ2n) is 3.92. The van der Waals surface area contributed by atoms with Crippen LogP contribution in [0.4, 0.5) is 0 Å². The molecular formula is C9H15N3O. The van der Waals surface area contributed by atoms with Crippen LogP contribution in [0.5, 0.6) is 0 Å². The fourth-order valence-electron chi connectivity index (χ4n) is 1.56. The first-order chi connectivity index (χ1) is 6.16. The maximum atomic E-state index is 9.42. The van der Waals surface area contributed by atoms with Crippen LogP contribution in [0.25, 0.3) is 0 Å². The lowest BCUT2D eigenvalue weighted by Crippen LogP contribution is -2.25. The first-order valence-corrected chi connectivity index (χ1v) is 4.78. The average Bonchev–Trinajstić information content (AvgIpc) is 2.46. The van der Waals surface area contributed by atoms with Gasteiger partial charge in [-0.1, -0.05) is 13.8 Å². The van der Waals surface area contributed by atoms with Gasteiger partial charge in [-0.25, -0.2) is 9.67 Å². The molecule has 1 aromatic rings. The lowest BCUT2D eigenvalue weighted by atomic mass is 10.1. The fourth-order valence-corrected chi connectivity index (χ4v) is 1.56. The van der Waals surface area contributed by atoms with Gasteiger partial charge in [0, 0.05) is 12.3 Å². The highest BCUT2D eigenvalue weighted by Crippen LogP contribution is 2.16. The summed E-state index contributed by atoms with van der Waals surface area (Å²) in [4.78, 5) is 4.43. The van der Waals surface area contributed by atoms with Crippen molar-refractivity contribution in [1.82, 2.24) is 14.8 Å². The van der Waals surface area contributed by atoms with Crippen LogP contribution >= 0.6 is 0 Å². The lowest BCUT2D eigenvalue weighted by Gasteiger charge is -2.16. The molecule has 0 bridgehead atoms. The van der Waals surface area contributed by atoms with Crippen LogP contribution in [0, 0.1) is 0 Å². The van der Waals surface area contributed by atoms with Gasteiger partial charge in [0.15, 0.2) is 5.82 Å². The minimum atomic E-state index is -0.241. The standard InChI is InChI=1S/C9H15N3O/c1-6(2)9-10-8-4-3-7(13)5-12(8)11-9/h6-7,13H,3-5H2,1-2H3. The van der Waals surface area contributed by atoms with Crippen LogP contribution < -0.4 is 0 Å². The first-order valence-electron chi connectivity index (χ1n) is 4.78. The van der Waals surface area contributed by atoms with E-state index in [1.807, 2.05) is 4.68 Å². The number of aryl methyl sites for hydroxylation is 1. The Hall–Kier alpha value is -0.900. The summed E-state index contributed by atoms with van der Waals surface area (Å²) in [6.45, 7) is 4.77. The number of nitrogens with zero attached hydrogens (tertiary/aromatic N) is 3. The van der Waals surface area contributed by atoms with Crippen LogP contribution in [0.2, 0.25) is 0 Å². The molecule has 0 amide bonds. The van der Waals surface area contributed by atoms with Crippen LogP contribution in [-0.2, 0) is 13.0 Å². The molecule has 0 saturated carbocycles. The molecule has 13 heavy (non-hydrogen) atoms. The fraction of sp³-hybridized carbons (Fsp3) is 0.778. The molecule has 1 unspecified atom stereocenters. The van der Waals surface area contributed by atoms with Crippen molar-refractivity contribution < 1.29 is 5.11 Å². The highest BCUT2D eigenvalue weighted by Gasteiger charge is 2.20. The first kappa shape index (κ1) is 8.69. The van der Waals surface area contributed by atoms with Crippen molar-refractivity contribution in [2.75, 3.05) is 0 Å². The minimum absolute atomic E-state index is 0.241. The van der Waals surface area contributed by atoms with Crippen molar-refractivity contribution in [2.24, 2.45) is 0 Å². The second kappa shape index (κ2) is 3.10. The van der Waals surface area contributed by atoms with Gasteiger partial charge in [0.05, 0.1) is 12.6 Å². The molecule has 2 rings (SSSR count). The Bertz CT molecular complexity index is 306. The zero-order valence-corrected chi connectivity index (χ0v) is 8.06. The average molecular weight is 181 g/mol. The molecule has 0 saturated heterocycles. The minimum Gasteiger partial charge on any atom is -0.391 e. The van der Waals surface area contributed by atoms with Crippen molar-refractivity contribution >= 4 is 0 Å². The molecule has 0 aromatic carbocycles. The summed E-state index contributed by atoms with van der Waals surface area (Å²) in [7, 11) is 0. The molecule has 1 aromatic heterocycles. The molecule has 1 atom stereocenters. The molecule has 0 spiro atoms. The molecule has 1 aliphatic rings. The summed E-state index contributed by atoms with van der Waals surface area (Å²) in [6, 6.07) is 0. The van der Waals surface area contributed by atoms with E-state index in [0.717, 1.165) is 24.5 Å². The van der Waals surface area contributed by atoms with E-state index in [1.165, 1.54) is 0 Å². The third-order valence-electron chi connectivity index (χ3n) is 2.37. The summed E-state index contributed by atoms with van der Waals surface area (Å²) < 4.78 is 1.84. The lowest BCUT2D eigenvalue weighted by molar-refractivity contribution is 0.124. The highest BCUT2D eigenvalue weighted by atomic mass is 16.3. The van der Waals surface area contributed by atoms with E-state index in [2.05, 4.69) is 23.9 Å². The van der Waals surface area contributed by atoms with Crippen LogP contribution in [-0.4, -0.2) is 26.0 Å². The summed E-state index contributed by atoms with van der Waals surface area (Å²) in [5, 5.41) is 13.8. The van der Waals surface area contributed by atoms with Crippen molar-refractivity contribution in [3.05, 3.63) is 11.6 Å². The van der Waals surface area contributed by atoms with E-state index < -0.39 is 0 Å². The third kappa shape index (κ3) is 1.58. The summed E-state index contributed by atoms with van der Waals surface area (Å²) in [5.41, 5.74) is 0. The van der Waals surface area contributed by atoms with E-state index in [1.54, 1.807) is 0 Å². The third-order valence-corrected chi connectivity index (χ3v) is 2.37. The smallest absolute Gasteiger partial charge is 0.153 e. The molecule has 0 fully saturated rings. The quantitative estimate of drug-likeness (QED) is 0.694. The van der Waals surface area contributed by atoms with Gasteiger partial charge >= 0.3 is 0 Å². The molecule has 4 heteroatoms. The Kier molecular flexibility index (Phi) is 2.07. The van der Waals surface area contributed by atoms with Gasteiger partial charge in [-0.2, -0.15) is 5.10 Å². The van der Waals surface area contributed by atoms with E-state index in [0.29, 0.717) is 12.5 Å². The van der Waals surface area contributed by atoms with Gasteiger partial charge in [0.2, 0.25) is 0 Å². The number of hydrogen-bond donors (Lipinski definition) is 1. The zero-order valence-electron chi connectivity index (χ0n) is 8.06. The maximum absolute atomic E-state index is 9.42. The molecule has 2 heterocycles. The van der Waals surface area contributed by atoms with E-state index in [9.17, 15) is 5.11 Å². The SMILES string of the molecule is CC(C)c1nc2n(n1)CC(O)CC2. The van der Waals surface area contributed by atoms with Gasteiger partial charge in [-0.3, -0.25) is 0 Å². The van der Waals surface area contributed by atoms with Crippen LogP contribution in [0.15, 0.2) is 0 Å². The Morgan fingerprint density at radius 1 is 1.54 bits per heavy atom. The topological polar surface area (TPSA) is 50.9 Å². The monoisotopic (exact) mass is 181 g/mol. The molecule has 4 nitrogen and oxygen atoms in total. The molecular weight excluding hydrogens is 166 g/mol. The largest absolute Gasteiger partial charge is 0.391 e. The van der Waals surface area contributed by atoms with Crippen molar-refractivity contribution in [3.63, 3.8) is 0 Å². The number of rotatable bonds is 1. The van der Waals surface area contributed by atoms with Crippen molar-refractivity contribution in [2.45, 2.75) is 45.3 Å². The molecule has 1 N–H and O–H groups in total.